The number of ether oxygens (including phenoxy) is 2. The zero-order valence-electron chi connectivity index (χ0n) is 17.3. The van der Waals surface area contributed by atoms with E-state index in [1.807, 2.05) is 6.92 Å². The van der Waals surface area contributed by atoms with Crippen molar-refractivity contribution in [1.29, 1.82) is 0 Å². The predicted octanol–water partition coefficient (Wildman–Crippen LogP) is 2.87. The molecule has 0 unspecified atom stereocenters. The topological polar surface area (TPSA) is 104 Å². The standard InChI is InChI=1S/C22H23ClFNO6S/c1-10-5-11(23)6-14-18(10)17(32-16-4-3-12(30-2)7-13(16)24)8-25(14)22-21(29)20(28)19(27)15(9-26)31-22/h3-8,15,19-22,26-29H,9H2,1-2H3/t15-,19-,20+,21-,22-/m1/s1. The second-order valence-corrected chi connectivity index (χ2v) is 9.16. The summed E-state index contributed by atoms with van der Waals surface area (Å²) in [4.78, 5) is 1.04. The van der Waals surface area contributed by atoms with Crippen LogP contribution in [0.5, 0.6) is 5.75 Å². The van der Waals surface area contributed by atoms with Gasteiger partial charge < -0.3 is 34.5 Å². The maximum atomic E-state index is 14.6. The molecular formula is C22H23ClFNO6S. The molecule has 1 aliphatic heterocycles. The first-order valence-corrected chi connectivity index (χ1v) is 11.1. The van der Waals surface area contributed by atoms with Crippen LogP contribution >= 0.6 is 23.4 Å². The minimum Gasteiger partial charge on any atom is -0.497 e. The average Bonchev–Trinajstić information content (AvgIpc) is 3.11. The Labute approximate surface area is 192 Å². The van der Waals surface area contributed by atoms with E-state index < -0.39 is 43.1 Å². The fourth-order valence-electron chi connectivity index (χ4n) is 3.92. The minimum atomic E-state index is -1.53. The Morgan fingerprint density at radius 2 is 1.88 bits per heavy atom. The smallest absolute Gasteiger partial charge is 0.163 e. The highest BCUT2D eigenvalue weighted by Crippen LogP contribution is 2.42. The molecule has 7 nitrogen and oxygen atoms in total. The summed E-state index contributed by atoms with van der Waals surface area (Å²) in [6.07, 6.45) is -4.97. The molecule has 3 aromatic rings. The molecule has 0 amide bonds. The summed E-state index contributed by atoms with van der Waals surface area (Å²) < 4.78 is 27.0. The number of hydrogen-bond acceptors (Lipinski definition) is 7. The zero-order valence-corrected chi connectivity index (χ0v) is 18.8. The van der Waals surface area contributed by atoms with Crippen LogP contribution < -0.4 is 4.74 Å². The summed E-state index contributed by atoms with van der Waals surface area (Å²) >= 11 is 7.46. The van der Waals surface area contributed by atoms with Crippen molar-refractivity contribution in [2.75, 3.05) is 13.7 Å². The van der Waals surface area contributed by atoms with Crippen LogP contribution in [0.4, 0.5) is 4.39 Å². The molecule has 1 aliphatic rings. The lowest BCUT2D eigenvalue weighted by molar-refractivity contribution is -0.250. The molecule has 0 bridgehead atoms. The third-order valence-electron chi connectivity index (χ3n) is 5.56. The van der Waals surface area contributed by atoms with Crippen LogP contribution in [0.15, 0.2) is 46.3 Å². The molecule has 5 atom stereocenters. The number of aryl methyl sites for hydroxylation is 1. The Morgan fingerprint density at radius 1 is 1.12 bits per heavy atom. The largest absolute Gasteiger partial charge is 0.497 e. The number of halogens is 2. The normalized spacial score (nSPS) is 25.9. The molecule has 2 heterocycles. The Hall–Kier alpha value is -1.85. The summed E-state index contributed by atoms with van der Waals surface area (Å²) in [5, 5.41) is 41.7. The highest BCUT2D eigenvalue weighted by molar-refractivity contribution is 7.99. The molecule has 32 heavy (non-hydrogen) atoms. The van der Waals surface area contributed by atoms with E-state index in [-0.39, 0.29) is 0 Å². The lowest BCUT2D eigenvalue weighted by atomic mass is 9.98. The minimum absolute atomic E-state index is 0.369. The van der Waals surface area contributed by atoms with Gasteiger partial charge in [0.15, 0.2) is 6.23 Å². The number of aromatic nitrogens is 1. The number of benzene rings is 2. The van der Waals surface area contributed by atoms with Gasteiger partial charge in [0, 0.05) is 32.5 Å². The molecule has 1 aromatic heterocycles. The van der Waals surface area contributed by atoms with Crippen molar-refractivity contribution in [2.24, 2.45) is 0 Å². The quantitative estimate of drug-likeness (QED) is 0.442. The Balaban J connectivity index is 1.83. The summed E-state index contributed by atoms with van der Waals surface area (Å²) in [6, 6.07) is 8.02. The third kappa shape index (κ3) is 4.10. The predicted molar refractivity (Wildman–Crippen MR) is 118 cm³/mol. The Bertz CT molecular complexity index is 1140. The number of fused-ring (bicyclic) bond motifs is 1. The van der Waals surface area contributed by atoms with Crippen molar-refractivity contribution in [1.82, 2.24) is 4.57 Å². The second kappa shape index (κ2) is 9.18. The molecule has 0 saturated carbocycles. The first-order chi connectivity index (χ1) is 15.2. The average molecular weight is 484 g/mol. The third-order valence-corrected chi connectivity index (χ3v) is 6.86. The van der Waals surface area contributed by atoms with Gasteiger partial charge >= 0.3 is 0 Å². The van der Waals surface area contributed by atoms with E-state index in [1.54, 1.807) is 35.0 Å². The lowest BCUT2D eigenvalue weighted by Crippen LogP contribution is -2.56. The van der Waals surface area contributed by atoms with Gasteiger partial charge in [0.25, 0.3) is 0 Å². The number of aliphatic hydroxyl groups is 4. The van der Waals surface area contributed by atoms with Crippen molar-refractivity contribution in [3.63, 3.8) is 0 Å². The highest BCUT2D eigenvalue weighted by Gasteiger charge is 2.44. The van der Waals surface area contributed by atoms with Gasteiger partial charge in [0.1, 0.15) is 36.0 Å². The summed E-state index contributed by atoms with van der Waals surface area (Å²) in [7, 11) is 1.46. The van der Waals surface area contributed by atoms with Crippen LogP contribution in [0.2, 0.25) is 5.02 Å². The monoisotopic (exact) mass is 483 g/mol. The molecule has 172 valence electrons. The van der Waals surface area contributed by atoms with E-state index in [4.69, 9.17) is 21.1 Å². The summed E-state index contributed by atoms with van der Waals surface area (Å²) in [6.45, 7) is 1.32. The van der Waals surface area contributed by atoms with E-state index in [0.717, 1.165) is 10.9 Å². The van der Waals surface area contributed by atoms with Crippen LogP contribution in [0.3, 0.4) is 0 Å². The molecule has 4 rings (SSSR count). The number of aliphatic hydroxyl groups excluding tert-OH is 4. The molecular weight excluding hydrogens is 461 g/mol. The van der Waals surface area contributed by atoms with Crippen LogP contribution in [0, 0.1) is 12.7 Å². The van der Waals surface area contributed by atoms with Crippen LogP contribution in [-0.2, 0) is 4.74 Å². The maximum absolute atomic E-state index is 14.6. The maximum Gasteiger partial charge on any atom is 0.163 e. The van der Waals surface area contributed by atoms with E-state index in [2.05, 4.69) is 0 Å². The Kier molecular flexibility index (Phi) is 6.69. The first-order valence-electron chi connectivity index (χ1n) is 9.87. The Morgan fingerprint density at radius 3 is 2.53 bits per heavy atom. The molecule has 0 radical (unpaired) electrons. The molecule has 1 saturated heterocycles. The van der Waals surface area contributed by atoms with Crippen molar-refractivity contribution < 1.29 is 34.3 Å². The van der Waals surface area contributed by atoms with E-state index in [9.17, 15) is 24.8 Å². The summed E-state index contributed by atoms with van der Waals surface area (Å²) in [5.74, 6) is -0.0479. The fraction of sp³-hybridized carbons (Fsp3) is 0.364. The second-order valence-electron chi connectivity index (χ2n) is 7.64. The van der Waals surface area contributed by atoms with Crippen molar-refractivity contribution in [3.8, 4) is 5.75 Å². The van der Waals surface area contributed by atoms with Crippen molar-refractivity contribution >= 4 is 34.3 Å². The zero-order chi connectivity index (χ0) is 23.2. The molecule has 1 fully saturated rings. The van der Waals surface area contributed by atoms with Crippen LogP contribution in [0.25, 0.3) is 10.9 Å². The van der Waals surface area contributed by atoms with Gasteiger partial charge in [-0.05, 0) is 36.8 Å². The molecule has 0 spiro atoms. The van der Waals surface area contributed by atoms with E-state index in [1.165, 1.54) is 24.9 Å². The fourth-order valence-corrected chi connectivity index (χ4v) is 5.25. The molecule has 4 N–H and O–H groups in total. The van der Waals surface area contributed by atoms with Crippen LogP contribution in [0.1, 0.15) is 11.8 Å². The molecule has 2 aromatic carbocycles. The number of methoxy groups -OCH3 is 1. The molecule has 0 aliphatic carbocycles. The number of hydrogen-bond donors (Lipinski definition) is 4. The lowest BCUT2D eigenvalue weighted by Gasteiger charge is -2.40. The van der Waals surface area contributed by atoms with E-state index >= 15 is 0 Å². The van der Waals surface area contributed by atoms with Crippen LogP contribution in [-0.4, -0.2) is 63.1 Å². The SMILES string of the molecule is COc1ccc(Sc2cn([C@@H]3O[C@H](CO)[C@@H](O)[C@H](O)[C@H]3O)c3cc(Cl)cc(C)c23)c(F)c1. The van der Waals surface area contributed by atoms with Gasteiger partial charge in [0.2, 0.25) is 0 Å². The number of rotatable bonds is 5. The van der Waals surface area contributed by atoms with Gasteiger partial charge in [-0.3, -0.25) is 0 Å². The highest BCUT2D eigenvalue weighted by atomic mass is 35.5. The summed E-state index contributed by atoms with van der Waals surface area (Å²) in [5.41, 5.74) is 1.42. The first kappa shape index (κ1) is 23.3. The van der Waals surface area contributed by atoms with Gasteiger partial charge in [0.05, 0.1) is 19.2 Å². The molecule has 10 heteroatoms. The van der Waals surface area contributed by atoms with Gasteiger partial charge in [-0.1, -0.05) is 23.4 Å². The van der Waals surface area contributed by atoms with E-state index in [0.29, 0.717) is 26.1 Å². The van der Waals surface area contributed by atoms with Gasteiger partial charge in [-0.2, -0.15) is 0 Å². The number of nitrogens with zero attached hydrogens (tertiary/aromatic N) is 1. The van der Waals surface area contributed by atoms with Gasteiger partial charge in [-0.15, -0.1) is 0 Å². The van der Waals surface area contributed by atoms with Crippen molar-refractivity contribution in [3.05, 3.63) is 52.9 Å². The van der Waals surface area contributed by atoms with Gasteiger partial charge in [-0.25, -0.2) is 4.39 Å². The van der Waals surface area contributed by atoms with Crippen molar-refractivity contribution in [2.45, 2.75) is 47.4 Å².